The average molecular weight is 386 g/mol. The summed E-state index contributed by atoms with van der Waals surface area (Å²) in [5, 5.41) is 3.10. The molecule has 1 aromatic heterocycles. The van der Waals surface area contributed by atoms with E-state index >= 15 is 0 Å². The van der Waals surface area contributed by atoms with Crippen LogP contribution >= 0.6 is 0 Å². The van der Waals surface area contributed by atoms with Crippen LogP contribution in [0.1, 0.15) is 32.6 Å². The van der Waals surface area contributed by atoms with Crippen LogP contribution in [0.4, 0.5) is 5.69 Å². The van der Waals surface area contributed by atoms with Gasteiger partial charge in [0.15, 0.2) is 0 Å². The third kappa shape index (κ3) is 4.87. The number of rotatable bonds is 6. The summed E-state index contributed by atoms with van der Waals surface area (Å²) in [6.45, 7) is 10.00. The molecular formula is C22H31N3O3. The quantitative estimate of drug-likeness (QED) is 0.827. The topological polar surface area (TPSA) is 58.0 Å². The molecule has 6 nitrogen and oxygen atoms in total. The van der Waals surface area contributed by atoms with E-state index in [1.54, 1.807) is 13.4 Å². The Morgan fingerprint density at radius 2 is 1.82 bits per heavy atom. The molecule has 1 aliphatic rings. The minimum Gasteiger partial charge on any atom is -0.497 e. The molecule has 2 aromatic rings. The van der Waals surface area contributed by atoms with Gasteiger partial charge < -0.3 is 19.4 Å². The van der Waals surface area contributed by atoms with Gasteiger partial charge in [-0.15, -0.1) is 0 Å². The van der Waals surface area contributed by atoms with Crippen LogP contribution in [0.3, 0.4) is 0 Å². The van der Waals surface area contributed by atoms with Crippen molar-refractivity contribution in [3.63, 3.8) is 0 Å². The van der Waals surface area contributed by atoms with Crippen molar-refractivity contribution in [3.05, 3.63) is 48.4 Å². The highest BCUT2D eigenvalue weighted by Gasteiger charge is 2.29. The predicted molar refractivity (Wildman–Crippen MR) is 111 cm³/mol. The summed E-state index contributed by atoms with van der Waals surface area (Å²) >= 11 is 0. The van der Waals surface area contributed by atoms with Crippen molar-refractivity contribution in [2.75, 3.05) is 44.7 Å². The molecule has 28 heavy (non-hydrogen) atoms. The Hall–Kier alpha value is -2.47. The Morgan fingerprint density at radius 3 is 2.36 bits per heavy atom. The van der Waals surface area contributed by atoms with E-state index in [1.165, 1.54) is 5.69 Å². The summed E-state index contributed by atoms with van der Waals surface area (Å²) in [6, 6.07) is 12.1. The number of anilines is 1. The third-order valence-corrected chi connectivity index (χ3v) is 5.20. The molecule has 2 heterocycles. The Labute approximate surface area is 167 Å². The third-order valence-electron chi connectivity index (χ3n) is 5.20. The molecule has 1 saturated heterocycles. The number of furan rings is 1. The van der Waals surface area contributed by atoms with Crippen LogP contribution in [0, 0.1) is 5.41 Å². The van der Waals surface area contributed by atoms with E-state index in [0.717, 1.165) is 37.7 Å². The zero-order valence-corrected chi connectivity index (χ0v) is 17.3. The van der Waals surface area contributed by atoms with E-state index in [9.17, 15) is 4.79 Å². The zero-order chi connectivity index (χ0) is 20.1. The Morgan fingerprint density at radius 1 is 1.14 bits per heavy atom. The number of ether oxygens (including phenoxy) is 1. The van der Waals surface area contributed by atoms with Crippen molar-refractivity contribution in [2.24, 2.45) is 5.41 Å². The Balaban J connectivity index is 1.63. The molecular weight excluding hydrogens is 354 g/mol. The lowest BCUT2D eigenvalue weighted by atomic mass is 9.95. The van der Waals surface area contributed by atoms with E-state index in [1.807, 2.05) is 45.0 Å². The van der Waals surface area contributed by atoms with E-state index in [-0.39, 0.29) is 11.9 Å². The van der Waals surface area contributed by atoms with Crippen LogP contribution in [0.5, 0.6) is 5.75 Å². The summed E-state index contributed by atoms with van der Waals surface area (Å²) in [7, 11) is 1.68. The summed E-state index contributed by atoms with van der Waals surface area (Å²) in [5.74, 6) is 1.82. The van der Waals surface area contributed by atoms with Crippen LogP contribution in [-0.4, -0.2) is 50.6 Å². The van der Waals surface area contributed by atoms with Crippen molar-refractivity contribution in [1.82, 2.24) is 10.2 Å². The number of methoxy groups -OCH3 is 1. The number of nitrogens with one attached hydrogen (secondary N) is 1. The van der Waals surface area contributed by atoms with Crippen molar-refractivity contribution in [1.29, 1.82) is 0 Å². The monoisotopic (exact) mass is 385 g/mol. The van der Waals surface area contributed by atoms with Crippen LogP contribution in [0.25, 0.3) is 0 Å². The van der Waals surface area contributed by atoms with Crippen LogP contribution in [0.2, 0.25) is 0 Å². The van der Waals surface area contributed by atoms with Crippen molar-refractivity contribution in [3.8, 4) is 5.75 Å². The number of piperazine rings is 1. The first kappa shape index (κ1) is 20.3. The smallest absolute Gasteiger partial charge is 0.225 e. The number of amides is 1. The molecule has 6 heteroatoms. The van der Waals surface area contributed by atoms with E-state index < -0.39 is 5.41 Å². The molecule has 0 bridgehead atoms. The summed E-state index contributed by atoms with van der Waals surface area (Å²) in [5.41, 5.74) is 0.803. The molecule has 152 valence electrons. The maximum absolute atomic E-state index is 12.3. The molecule has 0 spiro atoms. The van der Waals surface area contributed by atoms with Crippen LogP contribution in [-0.2, 0) is 4.79 Å². The summed E-state index contributed by atoms with van der Waals surface area (Å²) in [6.07, 6.45) is 1.70. The number of carbonyl (C=O) groups excluding carboxylic acids is 1. The molecule has 1 amide bonds. The normalized spacial score (nSPS) is 16.6. The molecule has 0 radical (unpaired) electrons. The lowest BCUT2D eigenvalue weighted by Crippen LogP contribution is -2.50. The van der Waals surface area contributed by atoms with Gasteiger partial charge in [0, 0.05) is 43.8 Å². The largest absolute Gasteiger partial charge is 0.497 e. The molecule has 1 atom stereocenters. The first-order valence-electron chi connectivity index (χ1n) is 9.83. The Kier molecular flexibility index (Phi) is 6.29. The first-order chi connectivity index (χ1) is 13.4. The van der Waals surface area contributed by atoms with E-state index in [0.29, 0.717) is 6.54 Å². The fourth-order valence-electron chi connectivity index (χ4n) is 3.43. The fourth-order valence-corrected chi connectivity index (χ4v) is 3.43. The molecule has 1 aromatic carbocycles. The molecule has 1 N–H and O–H groups in total. The zero-order valence-electron chi connectivity index (χ0n) is 17.3. The number of hydrogen-bond donors (Lipinski definition) is 1. The van der Waals surface area contributed by atoms with Gasteiger partial charge in [-0.3, -0.25) is 9.69 Å². The number of nitrogens with zero attached hydrogens (tertiary/aromatic N) is 2. The maximum Gasteiger partial charge on any atom is 0.225 e. The van der Waals surface area contributed by atoms with E-state index in [4.69, 9.17) is 9.15 Å². The van der Waals surface area contributed by atoms with Gasteiger partial charge >= 0.3 is 0 Å². The molecule has 0 aliphatic carbocycles. The van der Waals surface area contributed by atoms with Crippen LogP contribution < -0.4 is 15.0 Å². The van der Waals surface area contributed by atoms with E-state index in [2.05, 4.69) is 27.2 Å². The molecule has 1 aliphatic heterocycles. The first-order valence-corrected chi connectivity index (χ1v) is 9.83. The highest BCUT2D eigenvalue weighted by Crippen LogP contribution is 2.26. The van der Waals surface area contributed by atoms with Gasteiger partial charge in [0.25, 0.3) is 0 Å². The number of hydrogen-bond acceptors (Lipinski definition) is 5. The van der Waals surface area contributed by atoms with Crippen molar-refractivity contribution in [2.45, 2.75) is 26.8 Å². The average Bonchev–Trinajstić information content (AvgIpc) is 3.22. The lowest BCUT2D eigenvalue weighted by molar-refractivity contribution is -0.128. The second-order valence-electron chi connectivity index (χ2n) is 8.21. The van der Waals surface area contributed by atoms with Crippen molar-refractivity contribution < 1.29 is 13.9 Å². The van der Waals surface area contributed by atoms with Gasteiger partial charge in [-0.05, 0) is 36.4 Å². The standard InChI is InChI=1S/C22H31N3O3/c1-22(2,3)21(26)23-16-19(20-6-5-15-28-20)25-13-11-24(12-14-25)17-7-9-18(27-4)10-8-17/h5-10,15,19H,11-14,16H2,1-4H3,(H,23,26)/t19-/m1/s1. The van der Waals surface area contributed by atoms with Gasteiger partial charge in [-0.1, -0.05) is 20.8 Å². The molecule has 1 fully saturated rings. The van der Waals surface area contributed by atoms with Gasteiger partial charge in [-0.2, -0.15) is 0 Å². The maximum atomic E-state index is 12.3. The second kappa shape index (κ2) is 8.69. The van der Waals surface area contributed by atoms with Crippen LogP contribution in [0.15, 0.2) is 47.1 Å². The lowest BCUT2D eigenvalue weighted by Gasteiger charge is -2.39. The van der Waals surface area contributed by atoms with Gasteiger partial charge in [0.1, 0.15) is 11.5 Å². The molecule has 0 unspecified atom stereocenters. The second-order valence-corrected chi connectivity index (χ2v) is 8.21. The summed E-state index contributed by atoms with van der Waals surface area (Å²) < 4.78 is 10.9. The van der Waals surface area contributed by atoms with Gasteiger partial charge in [-0.25, -0.2) is 0 Å². The van der Waals surface area contributed by atoms with Crippen molar-refractivity contribution >= 4 is 11.6 Å². The number of benzene rings is 1. The molecule has 3 rings (SSSR count). The van der Waals surface area contributed by atoms with Gasteiger partial charge in [0.2, 0.25) is 5.91 Å². The predicted octanol–water partition coefficient (Wildman–Crippen LogP) is 3.31. The highest BCUT2D eigenvalue weighted by molar-refractivity contribution is 5.81. The van der Waals surface area contributed by atoms with Gasteiger partial charge in [0.05, 0.1) is 19.4 Å². The highest BCUT2D eigenvalue weighted by atomic mass is 16.5. The minimum atomic E-state index is -0.402. The molecule has 0 saturated carbocycles. The SMILES string of the molecule is COc1ccc(N2CCN([C@H](CNC(=O)C(C)(C)C)c3ccco3)CC2)cc1. The minimum absolute atomic E-state index is 0.0410. The fraction of sp³-hybridized carbons (Fsp3) is 0.500. The number of carbonyl (C=O) groups is 1. The summed E-state index contributed by atoms with van der Waals surface area (Å²) in [4.78, 5) is 17.1. The Bertz CT molecular complexity index is 742.